The monoisotopic (exact) mass is 1140 g/mol. The predicted octanol–water partition coefficient (Wildman–Crippen LogP) is 5.27. The molecule has 2 atom stereocenters. The summed E-state index contributed by atoms with van der Waals surface area (Å²) in [6.45, 7) is -1.39. The summed E-state index contributed by atoms with van der Waals surface area (Å²) in [5, 5.41) is 12.2. The number of rotatable bonds is 22. The van der Waals surface area contributed by atoms with E-state index in [1.54, 1.807) is 0 Å². The maximum atomic E-state index is 14.7. The molecule has 0 radical (unpaired) electrons. The van der Waals surface area contributed by atoms with Crippen LogP contribution in [0.15, 0.2) is 240 Å². The van der Waals surface area contributed by atoms with E-state index in [1.165, 1.54) is 22.4 Å². The number of nitrogens with zero attached hydrogens (tertiary/aromatic N) is 4. The molecule has 82 heavy (non-hydrogen) atoms. The minimum Gasteiger partial charge on any atom is -0.731 e. The van der Waals surface area contributed by atoms with Gasteiger partial charge >= 0.3 is 35.7 Å². The number of thiazole rings is 1. The van der Waals surface area contributed by atoms with Crippen LogP contribution in [0.3, 0.4) is 0 Å². The van der Waals surface area contributed by atoms with Crippen LogP contribution in [0.2, 0.25) is 0 Å². The Bertz CT molecular complexity index is 3660. The van der Waals surface area contributed by atoms with Gasteiger partial charge in [-0.25, -0.2) is 22.5 Å². The molecular formula is C61H50N7NaO11S2. The summed E-state index contributed by atoms with van der Waals surface area (Å²) in [4.78, 5) is 71.8. The standard InChI is InChI=1S/C61H51N7O11S2.Na/c62-59(72)76-39-50-54(58(71)68(50)81(73,74)75)64-57(70)53(49-40-80-60(63-49)65-61(45-30-16-5-17-31-45,46-32-18-6-19-33-46)47-34-20-7-21-35-47)66-77-38-48-36-51(69)52(78-55(41-22-8-1-9-23-41)42-24-10-2-11-25-42)37-67(48)79-56(43-26-12-3-13-27-43)44-28-14-4-15-29-44;/h1-37,40,50,54-56H,38-39H2,(H2,62,72)(H,63,65)(H,64,70)(H,73,74,75);/q;+1/p-1/b66-53-;. The summed E-state index contributed by atoms with van der Waals surface area (Å²) < 4.78 is 49.3. The van der Waals surface area contributed by atoms with Crippen LogP contribution in [0.5, 0.6) is 5.75 Å². The van der Waals surface area contributed by atoms with E-state index in [-0.39, 0.29) is 51.0 Å². The average molecular weight is 1140 g/mol. The number of carbonyl (C=O) groups is 3. The first-order valence-electron chi connectivity index (χ1n) is 25.3. The number of ether oxygens (including phenoxy) is 2. The topological polar surface area (TPSA) is 246 Å². The minimum atomic E-state index is -5.44. The first-order chi connectivity index (χ1) is 39.4. The van der Waals surface area contributed by atoms with E-state index in [1.807, 2.05) is 212 Å². The second kappa shape index (κ2) is 26.1. The number of benzene rings is 7. The molecule has 4 N–H and O–H groups in total. The van der Waals surface area contributed by atoms with E-state index in [9.17, 15) is 32.1 Å². The molecule has 3 amide bonds. The summed E-state index contributed by atoms with van der Waals surface area (Å²) in [5.41, 5.74) is 8.67. The summed E-state index contributed by atoms with van der Waals surface area (Å²) in [6.07, 6.45) is -1.39. The first-order valence-corrected chi connectivity index (χ1v) is 27.5. The van der Waals surface area contributed by atoms with E-state index in [2.05, 4.69) is 15.8 Å². The van der Waals surface area contributed by atoms with Crippen LogP contribution in [0.25, 0.3) is 0 Å². The van der Waals surface area contributed by atoms with E-state index in [4.69, 9.17) is 29.9 Å². The number of pyridine rings is 1. The number of aromatic nitrogens is 2. The van der Waals surface area contributed by atoms with Gasteiger partial charge in [-0.3, -0.25) is 14.4 Å². The Morgan fingerprint density at radius 1 is 0.695 bits per heavy atom. The van der Waals surface area contributed by atoms with E-state index in [0.717, 1.165) is 50.3 Å². The molecule has 2 unspecified atom stereocenters. The second-order valence-electron chi connectivity index (χ2n) is 18.4. The van der Waals surface area contributed by atoms with Crippen molar-refractivity contribution in [1.29, 1.82) is 0 Å². The molecule has 1 aliphatic rings. The molecule has 18 nitrogen and oxygen atoms in total. The van der Waals surface area contributed by atoms with Crippen LogP contribution in [0.1, 0.15) is 62.5 Å². The molecule has 0 aliphatic carbocycles. The zero-order valence-electron chi connectivity index (χ0n) is 43.8. The SMILES string of the molecule is NC(=O)OCC1C(NC(=O)/C(=N\OCc2cc(=O)c(OC(c3ccccc3)c3ccccc3)cn2OC(c2ccccc2)c2ccccc2)c2csc(NC(c3ccccc3)(c3ccccc3)c3ccccc3)n2)C(=O)N1S(=O)(=O)[O-].[Na+]. The quantitative estimate of drug-likeness (QED) is 0.0196. The van der Waals surface area contributed by atoms with Gasteiger partial charge in [0.1, 0.15) is 41.7 Å². The molecule has 3 heterocycles. The number of primary amides is 1. The predicted molar refractivity (Wildman–Crippen MR) is 301 cm³/mol. The van der Waals surface area contributed by atoms with Crippen LogP contribution in [-0.4, -0.2) is 69.3 Å². The Hall–Kier alpha value is -8.89. The number of hydrogen-bond donors (Lipinski definition) is 3. The maximum Gasteiger partial charge on any atom is 1.00 e. The van der Waals surface area contributed by atoms with Gasteiger partial charge < -0.3 is 40.1 Å². The van der Waals surface area contributed by atoms with Crippen LogP contribution >= 0.6 is 11.3 Å². The Kier molecular flexibility index (Phi) is 18.4. The Balaban J connectivity index is 0.00000810. The third-order valence-electron chi connectivity index (χ3n) is 13.3. The number of anilines is 1. The molecule has 408 valence electrons. The summed E-state index contributed by atoms with van der Waals surface area (Å²) in [6, 6.07) is 64.6. The van der Waals surface area contributed by atoms with Crippen molar-refractivity contribution in [3.8, 4) is 5.75 Å². The summed E-state index contributed by atoms with van der Waals surface area (Å²) >= 11 is 1.12. The Labute approximate surface area is 497 Å². The molecule has 7 aromatic carbocycles. The van der Waals surface area contributed by atoms with Crippen molar-refractivity contribution in [2.24, 2.45) is 10.9 Å². The van der Waals surface area contributed by atoms with Crippen LogP contribution in [-0.2, 0) is 41.6 Å². The minimum absolute atomic E-state index is 0. The molecular weight excluding hydrogens is 1090 g/mol. The number of β-lactam (4-membered cyclic amide) rings is 1. The van der Waals surface area contributed by atoms with Gasteiger partial charge in [-0.15, -0.1) is 11.3 Å². The number of nitrogens with two attached hydrogens (primary N) is 1. The Morgan fingerprint density at radius 2 is 1.15 bits per heavy atom. The van der Waals surface area contributed by atoms with Crippen molar-refractivity contribution in [3.63, 3.8) is 0 Å². The molecule has 0 spiro atoms. The van der Waals surface area contributed by atoms with Gasteiger partial charge in [0.25, 0.3) is 11.8 Å². The third kappa shape index (κ3) is 13.0. The molecule has 2 aromatic heterocycles. The van der Waals surface area contributed by atoms with Gasteiger partial charge in [-0.2, -0.15) is 4.73 Å². The normalized spacial score (nSPS) is 14.3. The molecule has 9 aromatic rings. The van der Waals surface area contributed by atoms with Gasteiger partial charge in [-0.1, -0.05) is 217 Å². The van der Waals surface area contributed by atoms with Gasteiger partial charge in [0.15, 0.2) is 39.6 Å². The molecule has 0 bridgehead atoms. The summed E-state index contributed by atoms with van der Waals surface area (Å²) in [7, 11) is -5.44. The van der Waals surface area contributed by atoms with E-state index >= 15 is 0 Å². The maximum absolute atomic E-state index is 14.7. The summed E-state index contributed by atoms with van der Waals surface area (Å²) in [5.74, 6) is -2.50. The van der Waals surface area contributed by atoms with Gasteiger partial charge in [0.05, 0.1) is 6.20 Å². The average Bonchev–Trinajstić information content (AvgIpc) is 2.85. The fraction of sp³-hybridized carbons (Fsp3) is 0.115. The van der Waals surface area contributed by atoms with Crippen LogP contribution < -0.4 is 60.9 Å². The van der Waals surface area contributed by atoms with Gasteiger partial charge in [0, 0.05) is 11.4 Å². The number of nitrogens with one attached hydrogen (secondary N) is 2. The van der Waals surface area contributed by atoms with E-state index in [0.29, 0.717) is 5.13 Å². The van der Waals surface area contributed by atoms with Crippen molar-refractivity contribution in [1.82, 2.24) is 19.3 Å². The smallest absolute Gasteiger partial charge is 0.731 e. The largest absolute Gasteiger partial charge is 1.00 e. The van der Waals surface area contributed by atoms with Crippen molar-refractivity contribution in [3.05, 3.63) is 291 Å². The van der Waals surface area contributed by atoms with E-state index < -0.39 is 82.4 Å². The third-order valence-corrected chi connectivity index (χ3v) is 15.0. The molecule has 21 heteroatoms. The van der Waals surface area contributed by atoms with Crippen molar-refractivity contribution in [2.45, 2.75) is 36.4 Å². The molecule has 1 aliphatic heterocycles. The van der Waals surface area contributed by atoms with Crippen LogP contribution in [0, 0.1) is 0 Å². The molecule has 0 saturated carbocycles. The fourth-order valence-corrected chi connectivity index (χ4v) is 11.1. The van der Waals surface area contributed by atoms with Crippen molar-refractivity contribution < 1.29 is 76.1 Å². The van der Waals surface area contributed by atoms with Crippen molar-refractivity contribution >= 4 is 50.4 Å². The zero-order valence-corrected chi connectivity index (χ0v) is 47.5. The molecule has 10 rings (SSSR count). The fourth-order valence-electron chi connectivity index (χ4n) is 9.47. The van der Waals surface area contributed by atoms with Crippen molar-refractivity contribution in [2.75, 3.05) is 11.9 Å². The number of carbonyl (C=O) groups excluding carboxylic acids is 3. The zero-order chi connectivity index (χ0) is 56.3. The second-order valence-corrected chi connectivity index (χ2v) is 20.5. The Morgan fingerprint density at radius 3 is 1.60 bits per heavy atom. The molecule has 1 fully saturated rings. The number of amides is 3. The molecule has 1 saturated heterocycles. The first kappa shape index (κ1) is 57.8. The van der Waals surface area contributed by atoms with Gasteiger partial charge in [0.2, 0.25) is 5.43 Å². The van der Waals surface area contributed by atoms with Crippen LogP contribution in [0.4, 0.5) is 9.93 Å². The number of hydrogen-bond acceptors (Lipinski definition) is 15. The number of oxime groups is 1. The van der Waals surface area contributed by atoms with Gasteiger partial charge in [-0.05, 0) is 38.9 Å².